The maximum absolute atomic E-state index is 14.4. The quantitative estimate of drug-likeness (QED) is 0.302. The molecule has 0 bridgehead atoms. The van der Waals surface area contributed by atoms with Crippen LogP contribution >= 0.6 is 11.3 Å². The molecule has 202 valence electrons. The van der Waals surface area contributed by atoms with E-state index in [0.29, 0.717) is 51.7 Å². The Bertz CT molecular complexity index is 1670. The van der Waals surface area contributed by atoms with Crippen molar-refractivity contribution in [3.05, 3.63) is 78.0 Å². The van der Waals surface area contributed by atoms with Crippen molar-refractivity contribution in [2.24, 2.45) is 5.73 Å². The molecular weight excluding hydrogens is 528 g/mol. The fraction of sp³-hybridized carbons (Fsp3) is 0.207. The highest BCUT2D eigenvalue weighted by atomic mass is 32.1. The van der Waals surface area contributed by atoms with Crippen molar-refractivity contribution in [2.45, 2.75) is 38.3 Å². The van der Waals surface area contributed by atoms with Gasteiger partial charge in [0.05, 0.1) is 34.5 Å². The van der Waals surface area contributed by atoms with Gasteiger partial charge in [0.2, 0.25) is 11.8 Å². The van der Waals surface area contributed by atoms with Gasteiger partial charge in [0.25, 0.3) is 5.91 Å². The number of hydrogen-bond donors (Lipinski definition) is 2. The van der Waals surface area contributed by atoms with Gasteiger partial charge in [0, 0.05) is 18.0 Å². The summed E-state index contributed by atoms with van der Waals surface area (Å²) < 4.78 is 5.90. The van der Waals surface area contributed by atoms with Crippen LogP contribution in [0.2, 0.25) is 0 Å². The van der Waals surface area contributed by atoms with E-state index in [1.165, 1.54) is 6.08 Å². The third-order valence-electron chi connectivity index (χ3n) is 7.15. The second-order valence-corrected chi connectivity index (χ2v) is 10.7. The van der Waals surface area contributed by atoms with E-state index >= 15 is 0 Å². The molecule has 0 unspecified atom stereocenters. The molecule has 11 heteroatoms. The molecule has 3 aromatic heterocycles. The lowest BCUT2D eigenvalue weighted by Crippen LogP contribution is -2.55. The molecule has 6 rings (SSSR count). The molecule has 4 heterocycles. The summed E-state index contributed by atoms with van der Waals surface area (Å²) in [5.41, 5.74) is 8.29. The van der Waals surface area contributed by atoms with Crippen molar-refractivity contribution >= 4 is 56.5 Å². The van der Waals surface area contributed by atoms with E-state index in [0.717, 1.165) is 23.5 Å². The van der Waals surface area contributed by atoms with Gasteiger partial charge >= 0.3 is 6.03 Å². The highest BCUT2D eigenvalue weighted by Crippen LogP contribution is 2.50. The van der Waals surface area contributed by atoms with Crippen LogP contribution < -0.4 is 25.6 Å². The van der Waals surface area contributed by atoms with E-state index in [-0.39, 0.29) is 22.9 Å². The molecule has 1 aromatic carbocycles. The van der Waals surface area contributed by atoms with Gasteiger partial charge in [-0.2, -0.15) is 0 Å². The summed E-state index contributed by atoms with van der Waals surface area (Å²) in [5, 5.41) is 3.63. The Balaban J connectivity index is 1.44. The number of carbonyl (C=O) groups excluding carboxylic acids is 3. The van der Waals surface area contributed by atoms with Gasteiger partial charge in [-0.15, -0.1) is 11.3 Å². The smallest absolute Gasteiger partial charge is 0.334 e. The number of pyridine rings is 2. The van der Waals surface area contributed by atoms with Crippen LogP contribution in [0.5, 0.6) is 11.6 Å². The van der Waals surface area contributed by atoms with E-state index in [1.807, 2.05) is 19.1 Å². The van der Waals surface area contributed by atoms with Gasteiger partial charge in [-0.1, -0.05) is 12.6 Å². The van der Waals surface area contributed by atoms with Crippen molar-refractivity contribution in [2.75, 3.05) is 9.80 Å². The van der Waals surface area contributed by atoms with E-state index in [2.05, 4.69) is 21.9 Å². The molecule has 1 aliphatic carbocycles. The molecular formula is C29H26N6O4S. The summed E-state index contributed by atoms with van der Waals surface area (Å²) in [4.78, 5) is 52.1. The Labute approximate surface area is 234 Å². The number of urea groups is 1. The Kier molecular flexibility index (Phi) is 6.43. The van der Waals surface area contributed by atoms with Gasteiger partial charge in [-0.25, -0.2) is 14.8 Å². The minimum atomic E-state index is -0.633. The molecule has 2 aliphatic rings. The van der Waals surface area contributed by atoms with Crippen LogP contribution in [-0.2, 0) is 4.79 Å². The molecule has 1 fully saturated rings. The average Bonchev–Trinajstić information content (AvgIpc) is 3.56. The largest absolute Gasteiger partial charge is 0.439 e. The second-order valence-electron chi connectivity index (χ2n) is 9.67. The van der Waals surface area contributed by atoms with Crippen LogP contribution in [-0.4, -0.2) is 39.9 Å². The van der Waals surface area contributed by atoms with E-state index < -0.39 is 11.9 Å². The zero-order valence-electron chi connectivity index (χ0n) is 21.7. The van der Waals surface area contributed by atoms with E-state index in [9.17, 15) is 14.4 Å². The van der Waals surface area contributed by atoms with Gasteiger partial charge in [-0.05, 0) is 68.7 Å². The van der Waals surface area contributed by atoms with Crippen LogP contribution in [0.25, 0.3) is 10.2 Å². The van der Waals surface area contributed by atoms with Gasteiger partial charge in [-0.3, -0.25) is 19.4 Å². The first-order chi connectivity index (χ1) is 19.4. The fourth-order valence-electron chi connectivity index (χ4n) is 5.46. The highest BCUT2D eigenvalue weighted by molar-refractivity contribution is 7.21. The highest BCUT2D eigenvalue weighted by Gasteiger charge is 2.45. The molecule has 3 N–H and O–H groups in total. The van der Waals surface area contributed by atoms with Crippen LogP contribution in [0.3, 0.4) is 0 Å². The predicted octanol–water partition coefficient (Wildman–Crippen LogP) is 5.19. The minimum Gasteiger partial charge on any atom is -0.439 e. The topological polar surface area (TPSA) is 131 Å². The lowest BCUT2D eigenvalue weighted by Gasteiger charge is -2.40. The first kappa shape index (κ1) is 25.5. The van der Waals surface area contributed by atoms with Gasteiger partial charge in [0.1, 0.15) is 15.5 Å². The summed E-state index contributed by atoms with van der Waals surface area (Å²) in [5.74, 6) is 0.0912. The van der Waals surface area contributed by atoms with E-state index in [1.54, 1.807) is 52.4 Å². The number of primary amides is 1. The molecule has 0 saturated heterocycles. The molecule has 4 amide bonds. The number of rotatable bonds is 7. The van der Waals surface area contributed by atoms with Gasteiger partial charge in [0.15, 0.2) is 0 Å². The molecule has 40 heavy (non-hydrogen) atoms. The van der Waals surface area contributed by atoms with E-state index in [4.69, 9.17) is 10.5 Å². The number of nitrogens with one attached hydrogen (secondary N) is 1. The first-order valence-electron chi connectivity index (χ1n) is 12.8. The molecule has 4 aromatic rings. The number of thiophene rings is 1. The molecule has 0 spiro atoms. The van der Waals surface area contributed by atoms with Crippen molar-refractivity contribution in [1.82, 2.24) is 15.3 Å². The van der Waals surface area contributed by atoms with Crippen molar-refractivity contribution in [3.8, 4) is 11.6 Å². The SMILES string of the molecule is C=CC(=O)N[C@H]1CCC[C@H]1N1C(=O)N(c2ccc(Oc3cccc(C)n3)cc2)c2ccnc3sc(C(N)=O)c1c23. The lowest BCUT2D eigenvalue weighted by atomic mass is 10.0. The molecule has 0 radical (unpaired) electrons. The summed E-state index contributed by atoms with van der Waals surface area (Å²) >= 11 is 1.16. The third kappa shape index (κ3) is 4.34. The zero-order chi connectivity index (χ0) is 28.0. The monoisotopic (exact) mass is 554 g/mol. The summed E-state index contributed by atoms with van der Waals surface area (Å²) in [6, 6.07) is 13.4. The van der Waals surface area contributed by atoms with Gasteiger partial charge < -0.3 is 15.8 Å². The number of amides is 4. The number of nitrogens with zero attached hydrogens (tertiary/aromatic N) is 4. The normalized spacial score (nSPS) is 18.2. The lowest BCUT2D eigenvalue weighted by molar-refractivity contribution is -0.117. The Hall–Kier alpha value is -4.77. The number of ether oxygens (including phenoxy) is 1. The number of benzene rings is 1. The standard InChI is InChI=1S/C29H26N6O4S/c1-3-22(36)33-19-7-5-8-20(19)35-25-24-21(14-15-31-28(24)40-26(25)27(30)37)34(29(35)38)17-10-12-18(13-11-17)39-23-9-4-6-16(2)32-23/h3-4,6,9-15,19-20H,1,5,7-8H2,2H3,(H2,30,37)(H,33,36)/t19-,20+/m0/s1. The number of hydrogen-bond acceptors (Lipinski definition) is 7. The number of aromatic nitrogens is 2. The Morgan fingerprint density at radius 2 is 1.98 bits per heavy atom. The molecule has 1 saturated carbocycles. The number of nitrogens with two attached hydrogens (primary N) is 1. The maximum atomic E-state index is 14.4. The summed E-state index contributed by atoms with van der Waals surface area (Å²) in [6.07, 6.45) is 4.96. The minimum absolute atomic E-state index is 0.262. The maximum Gasteiger partial charge on any atom is 0.334 e. The van der Waals surface area contributed by atoms with Crippen molar-refractivity contribution in [1.29, 1.82) is 0 Å². The third-order valence-corrected chi connectivity index (χ3v) is 8.25. The van der Waals surface area contributed by atoms with Crippen LogP contribution in [0.4, 0.5) is 21.9 Å². The van der Waals surface area contributed by atoms with Crippen LogP contribution in [0.1, 0.15) is 34.6 Å². The molecule has 10 nitrogen and oxygen atoms in total. The zero-order valence-corrected chi connectivity index (χ0v) is 22.5. The summed E-state index contributed by atoms with van der Waals surface area (Å²) in [7, 11) is 0. The summed E-state index contributed by atoms with van der Waals surface area (Å²) in [6.45, 7) is 5.44. The number of aryl methyl sites for hydroxylation is 1. The first-order valence-corrected chi connectivity index (χ1v) is 13.7. The van der Waals surface area contributed by atoms with Crippen LogP contribution in [0, 0.1) is 6.92 Å². The van der Waals surface area contributed by atoms with Crippen LogP contribution in [0.15, 0.2) is 67.4 Å². The second kappa shape index (κ2) is 10.1. The van der Waals surface area contributed by atoms with Crippen molar-refractivity contribution in [3.63, 3.8) is 0 Å². The predicted molar refractivity (Wildman–Crippen MR) is 153 cm³/mol. The Morgan fingerprint density at radius 1 is 1.18 bits per heavy atom. The number of carbonyl (C=O) groups is 3. The van der Waals surface area contributed by atoms with Crippen molar-refractivity contribution < 1.29 is 19.1 Å². The average molecular weight is 555 g/mol. The number of anilines is 3. The molecule has 1 aliphatic heterocycles. The Morgan fingerprint density at radius 3 is 2.70 bits per heavy atom. The fourth-order valence-corrected chi connectivity index (χ4v) is 6.46. The molecule has 2 atom stereocenters.